The van der Waals surface area contributed by atoms with Gasteiger partial charge in [0.05, 0.1) is 5.69 Å². The van der Waals surface area contributed by atoms with Crippen LogP contribution in [0, 0.1) is 5.82 Å². The summed E-state index contributed by atoms with van der Waals surface area (Å²) in [6.45, 7) is 6.63. The summed E-state index contributed by atoms with van der Waals surface area (Å²) >= 11 is 0. The lowest BCUT2D eigenvalue weighted by Crippen LogP contribution is -2.53. The number of guanidine groups is 1. The lowest BCUT2D eigenvalue weighted by atomic mass is 10.0. The minimum Gasteiger partial charge on any atom is -0.366 e. The fourth-order valence-electron chi connectivity index (χ4n) is 4.09. The number of carbonyl (C=O) groups excluding carboxylic acids is 1. The number of hydrogen-bond acceptors (Lipinski definition) is 3. The number of carbonyl (C=O) groups is 1. The molecule has 1 aromatic carbocycles. The summed E-state index contributed by atoms with van der Waals surface area (Å²) in [5.74, 6) is 0.858. The second-order valence-electron chi connectivity index (χ2n) is 7.58. The molecule has 2 aliphatic rings. The molecule has 7 heteroatoms. The minimum absolute atomic E-state index is 0.177. The van der Waals surface area contributed by atoms with Crippen LogP contribution in [0.25, 0.3) is 0 Å². The highest BCUT2D eigenvalue weighted by molar-refractivity contribution is 5.81. The summed E-state index contributed by atoms with van der Waals surface area (Å²) in [6, 6.07) is 7.26. The van der Waals surface area contributed by atoms with Gasteiger partial charge in [-0.15, -0.1) is 0 Å². The molecular weight excluding hydrogens is 357 g/mol. The number of aliphatic imine (C=N–C) groups is 1. The summed E-state index contributed by atoms with van der Waals surface area (Å²) in [7, 11) is 1.76. The van der Waals surface area contributed by atoms with Crippen LogP contribution in [0.15, 0.2) is 29.3 Å². The predicted octanol–water partition coefficient (Wildman–Crippen LogP) is 2.31. The first kappa shape index (κ1) is 20.4. The lowest BCUT2D eigenvalue weighted by molar-refractivity contribution is -0.134. The Labute approximate surface area is 167 Å². The molecule has 1 amide bonds. The average molecular weight is 390 g/mol. The number of nitrogens with zero attached hydrogens (tertiary/aromatic N) is 4. The van der Waals surface area contributed by atoms with E-state index in [-0.39, 0.29) is 11.7 Å². The van der Waals surface area contributed by atoms with E-state index >= 15 is 0 Å². The largest absolute Gasteiger partial charge is 0.366 e. The van der Waals surface area contributed by atoms with E-state index in [0.29, 0.717) is 24.7 Å². The van der Waals surface area contributed by atoms with Gasteiger partial charge in [-0.05, 0) is 38.3 Å². The normalized spacial score (nSPS) is 21.0. The highest BCUT2D eigenvalue weighted by atomic mass is 19.1. The fourth-order valence-corrected chi connectivity index (χ4v) is 4.09. The summed E-state index contributed by atoms with van der Waals surface area (Å²) < 4.78 is 14.0. The van der Waals surface area contributed by atoms with Gasteiger partial charge in [-0.1, -0.05) is 12.1 Å². The van der Waals surface area contributed by atoms with Gasteiger partial charge in [0, 0.05) is 58.8 Å². The number of benzene rings is 1. The second-order valence-corrected chi connectivity index (χ2v) is 7.58. The van der Waals surface area contributed by atoms with Crippen LogP contribution in [0.5, 0.6) is 0 Å². The molecule has 6 nitrogen and oxygen atoms in total. The maximum absolute atomic E-state index is 14.0. The number of amides is 1. The summed E-state index contributed by atoms with van der Waals surface area (Å²) in [6.07, 6.45) is 3.91. The molecule has 1 atom stereocenters. The van der Waals surface area contributed by atoms with Crippen LogP contribution in [0.3, 0.4) is 0 Å². The van der Waals surface area contributed by atoms with E-state index in [1.165, 1.54) is 12.5 Å². The molecule has 0 aromatic heterocycles. The van der Waals surface area contributed by atoms with Gasteiger partial charge in [0.2, 0.25) is 5.91 Å². The number of para-hydroxylation sites is 1. The molecule has 0 aliphatic carbocycles. The SMILES string of the molecule is CN=C(NCCC(=O)N1CCCCC1C)N1CCN(c2ccccc2F)CC1. The van der Waals surface area contributed by atoms with Crippen molar-refractivity contribution in [1.82, 2.24) is 15.1 Å². The molecule has 1 N–H and O–H groups in total. The number of piperazine rings is 1. The number of rotatable bonds is 4. The maximum Gasteiger partial charge on any atom is 0.224 e. The molecule has 1 aromatic rings. The molecule has 2 fully saturated rings. The number of likely N-dealkylation sites (tertiary alicyclic amines) is 1. The molecule has 28 heavy (non-hydrogen) atoms. The smallest absolute Gasteiger partial charge is 0.224 e. The Bertz CT molecular complexity index is 687. The summed E-state index contributed by atoms with van der Waals surface area (Å²) in [4.78, 5) is 23.1. The highest BCUT2D eigenvalue weighted by Crippen LogP contribution is 2.20. The van der Waals surface area contributed by atoms with Crippen LogP contribution in [0.1, 0.15) is 32.6 Å². The predicted molar refractivity (Wildman–Crippen MR) is 111 cm³/mol. The molecular formula is C21H32FN5O. The second kappa shape index (κ2) is 9.75. The van der Waals surface area contributed by atoms with Crippen molar-refractivity contribution < 1.29 is 9.18 Å². The van der Waals surface area contributed by atoms with Crippen molar-refractivity contribution in [2.45, 2.75) is 38.6 Å². The third-order valence-corrected chi connectivity index (χ3v) is 5.73. The zero-order valence-corrected chi connectivity index (χ0v) is 17.0. The van der Waals surface area contributed by atoms with Crippen molar-refractivity contribution in [1.29, 1.82) is 0 Å². The zero-order valence-electron chi connectivity index (χ0n) is 17.0. The zero-order chi connectivity index (χ0) is 19.9. The fraction of sp³-hybridized carbons (Fsp3) is 0.619. The Morgan fingerprint density at radius 2 is 1.93 bits per heavy atom. The molecule has 0 bridgehead atoms. The first-order valence-corrected chi connectivity index (χ1v) is 10.3. The van der Waals surface area contributed by atoms with Gasteiger partial charge >= 0.3 is 0 Å². The van der Waals surface area contributed by atoms with Crippen LogP contribution in [0.4, 0.5) is 10.1 Å². The van der Waals surface area contributed by atoms with E-state index in [1.54, 1.807) is 13.1 Å². The van der Waals surface area contributed by atoms with Crippen LogP contribution in [0.2, 0.25) is 0 Å². The molecule has 0 saturated carbocycles. The Balaban J connectivity index is 1.45. The molecule has 0 radical (unpaired) electrons. The van der Waals surface area contributed by atoms with Crippen LogP contribution >= 0.6 is 0 Å². The van der Waals surface area contributed by atoms with Crippen molar-refractivity contribution >= 4 is 17.6 Å². The first-order valence-electron chi connectivity index (χ1n) is 10.3. The molecule has 2 aliphatic heterocycles. The van der Waals surface area contributed by atoms with Crippen molar-refractivity contribution in [2.24, 2.45) is 4.99 Å². The number of hydrogen-bond donors (Lipinski definition) is 1. The molecule has 0 spiro atoms. The van der Waals surface area contributed by atoms with Crippen molar-refractivity contribution in [3.8, 4) is 0 Å². The van der Waals surface area contributed by atoms with E-state index in [4.69, 9.17) is 0 Å². The Hall–Kier alpha value is -2.31. The van der Waals surface area contributed by atoms with Crippen molar-refractivity contribution in [2.75, 3.05) is 51.2 Å². The molecule has 1 unspecified atom stereocenters. The molecule has 154 valence electrons. The Morgan fingerprint density at radius 1 is 1.18 bits per heavy atom. The highest BCUT2D eigenvalue weighted by Gasteiger charge is 2.24. The van der Waals surface area contributed by atoms with Gasteiger partial charge in [-0.3, -0.25) is 9.79 Å². The average Bonchev–Trinajstić information content (AvgIpc) is 2.72. The molecule has 3 rings (SSSR count). The monoisotopic (exact) mass is 389 g/mol. The van der Waals surface area contributed by atoms with E-state index in [1.807, 2.05) is 17.0 Å². The van der Waals surface area contributed by atoms with Gasteiger partial charge in [0.15, 0.2) is 5.96 Å². The molecule has 2 heterocycles. The molecule has 2 saturated heterocycles. The Morgan fingerprint density at radius 3 is 2.61 bits per heavy atom. The van der Waals surface area contributed by atoms with E-state index in [9.17, 15) is 9.18 Å². The van der Waals surface area contributed by atoms with E-state index in [2.05, 4.69) is 27.0 Å². The Kier molecular flexibility index (Phi) is 7.12. The van der Waals surface area contributed by atoms with Crippen molar-refractivity contribution in [3.05, 3.63) is 30.1 Å². The van der Waals surface area contributed by atoms with E-state index in [0.717, 1.165) is 51.5 Å². The number of halogens is 1. The minimum atomic E-state index is -0.177. The number of piperidine rings is 1. The third-order valence-electron chi connectivity index (χ3n) is 5.73. The number of anilines is 1. The third kappa shape index (κ3) is 4.94. The van der Waals surface area contributed by atoms with Gasteiger partial charge in [-0.25, -0.2) is 4.39 Å². The summed E-state index contributed by atoms with van der Waals surface area (Å²) in [5, 5.41) is 3.33. The van der Waals surface area contributed by atoms with E-state index < -0.39 is 0 Å². The van der Waals surface area contributed by atoms with Gasteiger partial charge < -0.3 is 20.0 Å². The maximum atomic E-state index is 14.0. The lowest BCUT2D eigenvalue weighted by Gasteiger charge is -2.38. The van der Waals surface area contributed by atoms with Crippen LogP contribution < -0.4 is 10.2 Å². The standard InChI is InChI=1S/C21H32FN5O/c1-17-7-5-6-12-27(17)20(28)10-11-24-21(23-2)26-15-13-25(14-16-26)19-9-4-3-8-18(19)22/h3-4,8-9,17H,5-7,10-16H2,1-2H3,(H,23,24). The first-order chi connectivity index (χ1) is 13.6. The van der Waals surface area contributed by atoms with Crippen LogP contribution in [-0.2, 0) is 4.79 Å². The number of nitrogens with one attached hydrogen (secondary N) is 1. The van der Waals surface area contributed by atoms with Crippen LogP contribution in [-0.4, -0.2) is 74.0 Å². The van der Waals surface area contributed by atoms with Gasteiger partial charge in [0.1, 0.15) is 5.82 Å². The topological polar surface area (TPSA) is 51.2 Å². The van der Waals surface area contributed by atoms with Crippen molar-refractivity contribution in [3.63, 3.8) is 0 Å². The van der Waals surface area contributed by atoms with Gasteiger partial charge in [-0.2, -0.15) is 0 Å². The van der Waals surface area contributed by atoms with Gasteiger partial charge in [0.25, 0.3) is 0 Å². The summed E-state index contributed by atoms with van der Waals surface area (Å²) in [5.41, 5.74) is 0.659. The quantitative estimate of drug-likeness (QED) is 0.634.